The summed E-state index contributed by atoms with van der Waals surface area (Å²) >= 11 is 0. The molecule has 0 aliphatic rings. The first-order valence-electron chi connectivity index (χ1n) is 8.54. The van der Waals surface area contributed by atoms with Crippen molar-refractivity contribution >= 4 is 8.25 Å². The van der Waals surface area contributed by atoms with Crippen molar-refractivity contribution in [2.24, 2.45) is 0 Å². The van der Waals surface area contributed by atoms with Crippen LogP contribution in [0.4, 0.5) is 0 Å². The van der Waals surface area contributed by atoms with E-state index in [9.17, 15) is 4.57 Å². The van der Waals surface area contributed by atoms with Crippen molar-refractivity contribution < 1.29 is 30.4 Å². The molecule has 0 aliphatic carbocycles. The molecule has 0 spiro atoms. The summed E-state index contributed by atoms with van der Waals surface area (Å²) in [7, 11) is -1.89. The molecule has 0 radical (unpaired) electrons. The molecule has 0 amide bonds. The van der Waals surface area contributed by atoms with E-state index >= 15 is 0 Å². The molecule has 0 aliphatic heterocycles. The van der Waals surface area contributed by atoms with Gasteiger partial charge in [-0.25, -0.2) is 0 Å². The van der Waals surface area contributed by atoms with Crippen molar-refractivity contribution in [3.8, 4) is 0 Å². The summed E-state index contributed by atoms with van der Waals surface area (Å²) < 4.78 is 21.8. The Bertz CT molecular complexity index is 196. The third-order valence-electron chi connectivity index (χ3n) is 3.39. The molecule has 5 heteroatoms. The van der Waals surface area contributed by atoms with Crippen LogP contribution in [-0.4, -0.2) is 13.2 Å². The molecule has 0 unspecified atom stereocenters. The molecular weight excluding hydrogens is 330 g/mol. The topological polar surface area (TPSA) is 35.5 Å². The minimum atomic E-state index is -1.89. The predicted octanol–water partition coefficient (Wildman–Crippen LogP) is 6.40. The van der Waals surface area contributed by atoms with E-state index in [0.29, 0.717) is 13.2 Å². The molecule has 0 aromatic heterocycles. The zero-order chi connectivity index (χ0) is 14.9. The summed E-state index contributed by atoms with van der Waals surface area (Å²) in [5.74, 6) is 0. The molecule has 0 rings (SSSR count). The van der Waals surface area contributed by atoms with Crippen molar-refractivity contribution in [2.45, 2.75) is 90.9 Å². The summed E-state index contributed by atoms with van der Waals surface area (Å²) in [4.78, 5) is 0. The number of unbranched alkanes of at least 4 members (excludes halogenated alkanes) is 10. The van der Waals surface area contributed by atoms with Gasteiger partial charge in [-0.15, -0.1) is 9.05 Å². The van der Waals surface area contributed by atoms with Crippen LogP contribution in [0.15, 0.2) is 0 Å². The standard InChI is InChI=1S/C16H34O3P.Co/c1-3-5-7-9-11-13-15-18-20(17)19-16-14-12-10-8-6-4-2;/h3-16H2,1-2H3;/q+1;+3. The predicted molar refractivity (Wildman–Crippen MR) is 86.3 cm³/mol. The molecule has 0 heterocycles. The molecule has 0 bridgehead atoms. The van der Waals surface area contributed by atoms with Gasteiger partial charge in [-0.05, 0) is 12.8 Å². The maximum atomic E-state index is 11.4. The third kappa shape index (κ3) is 20.5. The second-order valence-corrected chi connectivity index (χ2v) is 6.39. The van der Waals surface area contributed by atoms with Crippen molar-refractivity contribution in [3.05, 3.63) is 0 Å². The molecule has 21 heavy (non-hydrogen) atoms. The van der Waals surface area contributed by atoms with Crippen molar-refractivity contribution in [1.29, 1.82) is 0 Å². The summed E-state index contributed by atoms with van der Waals surface area (Å²) in [6.07, 6.45) is 14.6. The molecular formula is C16H34CoO3P+4. The van der Waals surface area contributed by atoms with Crippen LogP contribution in [0.25, 0.3) is 0 Å². The van der Waals surface area contributed by atoms with Crippen molar-refractivity contribution in [2.75, 3.05) is 13.2 Å². The van der Waals surface area contributed by atoms with Crippen LogP contribution < -0.4 is 0 Å². The van der Waals surface area contributed by atoms with Gasteiger partial charge in [0.05, 0.1) is 0 Å². The van der Waals surface area contributed by atoms with Gasteiger partial charge in [-0.3, -0.25) is 0 Å². The van der Waals surface area contributed by atoms with Gasteiger partial charge in [0.2, 0.25) is 0 Å². The van der Waals surface area contributed by atoms with E-state index < -0.39 is 8.25 Å². The van der Waals surface area contributed by atoms with Crippen LogP contribution in [0.5, 0.6) is 0 Å². The minimum absolute atomic E-state index is 0. The van der Waals surface area contributed by atoms with Crippen LogP contribution in [0, 0.1) is 0 Å². The normalized spacial score (nSPS) is 10.4. The van der Waals surface area contributed by atoms with Crippen LogP contribution >= 0.6 is 8.25 Å². The van der Waals surface area contributed by atoms with Gasteiger partial charge >= 0.3 is 25.0 Å². The number of hydrogen-bond acceptors (Lipinski definition) is 3. The van der Waals surface area contributed by atoms with E-state index in [0.717, 1.165) is 12.8 Å². The zero-order valence-electron chi connectivity index (χ0n) is 13.9. The quantitative estimate of drug-likeness (QED) is 0.235. The van der Waals surface area contributed by atoms with Crippen LogP contribution in [0.3, 0.4) is 0 Å². The Balaban J connectivity index is 0. The molecule has 0 aromatic rings. The number of rotatable bonds is 16. The van der Waals surface area contributed by atoms with Crippen LogP contribution in [0.1, 0.15) is 90.9 Å². The van der Waals surface area contributed by atoms with Gasteiger partial charge in [0.1, 0.15) is 13.2 Å². The van der Waals surface area contributed by atoms with E-state index in [1.165, 1.54) is 64.2 Å². The largest absolute Gasteiger partial charge is 3.00 e. The second-order valence-electron chi connectivity index (χ2n) is 5.43. The van der Waals surface area contributed by atoms with E-state index in [4.69, 9.17) is 9.05 Å². The van der Waals surface area contributed by atoms with Gasteiger partial charge in [0.15, 0.2) is 0 Å². The fraction of sp³-hybridized carbons (Fsp3) is 1.00. The SMILES string of the molecule is CCCCCCCCO[P+](=O)OCCCCCCCC.[Co+3]. The van der Waals surface area contributed by atoms with Gasteiger partial charge in [-0.2, -0.15) is 0 Å². The molecule has 0 atom stereocenters. The van der Waals surface area contributed by atoms with Gasteiger partial charge in [-0.1, -0.05) is 78.1 Å². The summed E-state index contributed by atoms with van der Waals surface area (Å²) in [6.45, 7) is 5.57. The minimum Gasteiger partial charge on any atom is -0.119 e. The average Bonchev–Trinajstić information content (AvgIpc) is 2.45. The van der Waals surface area contributed by atoms with Crippen molar-refractivity contribution in [1.82, 2.24) is 0 Å². The Kier molecular flexibility index (Phi) is 23.3. The van der Waals surface area contributed by atoms with Gasteiger partial charge < -0.3 is 0 Å². The third-order valence-corrected chi connectivity index (χ3v) is 4.18. The van der Waals surface area contributed by atoms with E-state index in [1.807, 2.05) is 0 Å². The summed E-state index contributed by atoms with van der Waals surface area (Å²) in [5, 5.41) is 0. The first-order valence-corrected chi connectivity index (χ1v) is 9.63. The number of hydrogen-bond donors (Lipinski definition) is 0. The van der Waals surface area contributed by atoms with Crippen LogP contribution in [-0.2, 0) is 30.4 Å². The molecule has 3 nitrogen and oxygen atoms in total. The van der Waals surface area contributed by atoms with E-state index in [1.54, 1.807) is 0 Å². The first kappa shape index (κ1) is 23.8. The van der Waals surface area contributed by atoms with Crippen LogP contribution in [0.2, 0.25) is 0 Å². The Hall–Kier alpha value is 0.526. The van der Waals surface area contributed by atoms with Crippen molar-refractivity contribution in [3.63, 3.8) is 0 Å². The zero-order valence-corrected chi connectivity index (χ0v) is 15.8. The second kappa shape index (κ2) is 20.5. The Morgan fingerprint density at radius 3 is 1.33 bits per heavy atom. The van der Waals surface area contributed by atoms with Gasteiger partial charge in [0, 0.05) is 4.57 Å². The molecule has 0 N–H and O–H groups in total. The Morgan fingerprint density at radius 2 is 0.952 bits per heavy atom. The Morgan fingerprint density at radius 1 is 0.619 bits per heavy atom. The van der Waals surface area contributed by atoms with E-state index in [2.05, 4.69) is 13.8 Å². The fourth-order valence-corrected chi connectivity index (χ4v) is 2.71. The average molecular weight is 364 g/mol. The Labute approximate surface area is 143 Å². The molecule has 126 valence electrons. The summed E-state index contributed by atoms with van der Waals surface area (Å²) in [5.41, 5.74) is 0. The maximum Gasteiger partial charge on any atom is 3.00 e. The fourth-order valence-electron chi connectivity index (χ4n) is 2.08. The van der Waals surface area contributed by atoms with E-state index in [-0.39, 0.29) is 16.8 Å². The first-order chi connectivity index (χ1) is 9.81. The molecule has 0 saturated heterocycles. The maximum absolute atomic E-state index is 11.4. The monoisotopic (exact) mass is 364 g/mol. The molecule has 0 saturated carbocycles. The molecule has 0 fully saturated rings. The summed E-state index contributed by atoms with van der Waals surface area (Å²) in [6, 6.07) is 0. The smallest absolute Gasteiger partial charge is 0.119 e. The van der Waals surface area contributed by atoms with Gasteiger partial charge in [0.25, 0.3) is 0 Å². The molecule has 0 aromatic carbocycles.